The van der Waals surface area contributed by atoms with Crippen molar-refractivity contribution in [3.05, 3.63) is 22.1 Å². The maximum absolute atomic E-state index is 5.95. The number of hydrogen-bond acceptors (Lipinski definition) is 9. The molecule has 0 aromatic carbocycles. The first-order valence-electron chi connectivity index (χ1n) is 6.34. The van der Waals surface area contributed by atoms with Crippen LogP contribution in [0.4, 0.5) is 10.8 Å². The van der Waals surface area contributed by atoms with Gasteiger partial charge in [0.25, 0.3) is 0 Å². The maximum atomic E-state index is 5.95. The molecule has 3 N–H and O–H groups in total. The minimum atomic E-state index is 0.501. The zero-order valence-corrected chi connectivity index (χ0v) is 13.2. The molecule has 0 aliphatic heterocycles. The molecular formula is C12H14N6OS2. The summed E-state index contributed by atoms with van der Waals surface area (Å²) in [5, 5.41) is 11.0. The summed E-state index contributed by atoms with van der Waals surface area (Å²) in [7, 11) is 0. The second-order valence-electron chi connectivity index (χ2n) is 4.44. The Kier molecular flexibility index (Phi) is 3.84. The van der Waals surface area contributed by atoms with Gasteiger partial charge in [-0.1, -0.05) is 5.16 Å². The Hall–Kier alpha value is -2.00. The van der Waals surface area contributed by atoms with Gasteiger partial charge in [-0.2, -0.15) is 9.36 Å². The predicted octanol–water partition coefficient (Wildman–Crippen LogP) is 2.50. The Morgan fingerprint density at radius 2 is 2.19 bits per heavy atom. The molecule has 7 nitrogen and oxygen atoms in total. The van der Waals surface area contributed by atoms with Crippen molar-refractivity contribution in [1.29, 1.82) is 0 Å². The number of thiazole rings is 1. The lowest BCUT2D eigenvalue weighted by atomic mass is 10.2. The van der Waals surface area contributed by atoms with Gasteiger partial charge in [0.1, 0.15) is 10.8 Å². The Morgan fingerprint density at radius 3 is 2.86 bits per heavy atom. The van der Waals surface area contributed by atoms with E-state index in [1.807, 2.05) is 12.3 Å². The van der Waals surface area contributed by atoms with Gasteiger partial charge in [-0.25, -0.2) is 4.98 Å². The van der Waals surface area contributed by atoms with Gasteiger partial charge in [-0.15, -0.1) is 11.3 Å². The topological polar surface area (TPSA) is 103 Å². The van der Waals surface area contributed by atoms with Gasteiger partial charge in [0.15, 0.2) is 5.82 Å². The first kappa shape index (κ1) is 14.0. The molecule has 3 heterocycles. The molecule has 0 aliphatic carbocycles. The minimum Gasteiger partial charge on any atom is -0.382 e. The highest BCUT2D eigenvalue weighted by atomic mass is 32.1. The normalized spacial score (nSPS) is 11.0. The average molecular weight is 322 g/mol. The molecule has 3 rings (SSSR count). The predicted molar refractivity (Wildman–Crippen MR) is 83.6 cm³/mol. The smallest absolute Gasteiger partial charge is 0.228 e. The fourth-order valence-corrected chi connectivity index (χ4v) is 3.23. The largest absolute Gasteiger partial charge is 0.382 e. The van der Waals surface area contributed by atoms with Gasteiger partial charge < -0.3 is 15.6 Å². The van der Waals surface area contributed by atoms with E-state index in [9.17, 15) is 0 Å². The SMILES string of the molecule is Cc1noc(CCNc2snc(N)c2-c2csc(C)n2)n1. The molecule has 0 unspecified atom stereocenters. The second kappa shape index (κ2) is 5.78. The van der Waals surface area contributed by atoms with Crippen LogP contribution in [0.25, 0.3) is 11.3 Å². The van der Waals surface area contributed by atoms with Crippen LogP contribution in [0.3, 0.4) is 0 Å². The molecule has 9 heteroatoms. The monoisotopic (exact) mass is 322 g/mol. The van der Waals surface area contributed by atoms with Crippen molar-refractivity contribution in [2.75, 3.05) is 17.6 Å². The Labute approximate surface area is 129 Å². The first-order valence-corrected chi connectivity index (χ1v) is 7.99. The van der Waals surface area contributed by atoms with Crippen molar-refractivity contribution in [2.45, 2.75) is 20.3 Å². The van der Waals surface area contributed by atoms with Gasteiger partial charge in [0, 0.05) is 18.3 Å². The average Bonchev–Trinajstić information content (AvgIpc) is 3.12. The van der Waals surface area contributed by atoms with E-state index in [-0.39, 0.29) is 0 Å². The van der Waals surface area contributed by atoms with E-state index < -0.39 is 0 Å². The Morgan fingerprint density at radius 1 is 1.33 bits per heavy atom. The maximum Gasteiger partial charge on any atom is 0.228 e. The van der Waals surface area contributed by atoms with Gasteiger partial charge in [-0.05, 0) is 25.4 Å². The van der Waals surface area contributed by atoms with Crippen LogP contribution in [-0.4, -0.2) is 26.0 Å². The van der Waals surface area contributed by atoms with Crippen LogP contribution < -0.4 is 11.1 Å². The molecular weight excluding hydrogens is 308 g/mol. The molecule has 3 aromatic heterocycles. The van der Waals surface area contributed by atoms with Crippen molar-refractivity contribution in [1.82, 2.24) is 19.5 Å². The molecule has 21 heavy (non-hydrogen) atoms. The van der Waals surface area contributed by atoms with E-state index >= 15 is 0 Å². The number of nitrogens with zero attached hydrogens (tertiary/aromatic N) is 4. The highest BCUT2D eigenvalue weighted by molar-refractivity contribution is 7.11. The number of nitrogens with one attached hydrogen (secondary N) is 1. The molecule has 0 fully saturated rings. The third kappa shape index (κ3) is 3.03. The number of aryl methyl sites for hydroxylation is 2. The Bertz CT molecular complexity index is 747. The summed E-state index contributed by atoms with van der Waals surface area (Å²) in [6, 6.07) is 0. The molecule has 0 saturated heterocycles. The summed E-state index contributed by atoms with van der Waals surface area (Å²) in [5.74, 6) is 1.76. The standard InChI is InChI=1S/C12H14N6OS2/c1-6-15-9(19-17-6)3-4-14-12-10(11(13)18-21-12)8-5-20-7(2)16-8/h5,14H,3-4H2,1-2H3,(H2,13,18). The molecule has 0 aliphatic rings. The minimum absolute atomic E-state index is 0.501. The van der Waals surface area contributed by atoms with Crippen LogP contribution >= 0.6 is 22.9 Å². The van der Waals surface area contributed by atoms with E-state index in [4.69, 9.17) is 10.3 Å². The van der Waals surface area contributed by atoms with Crippen LogP contribution in [-0.2, 0) is 6.42 Å². The fourth-order valence-electron chi connectivity index (χ4n) is 1.87. The van der Waals surface area contributed by atoms with Crippen LogP contribution in [0.5, 0.6) is 0 Å². The van der Waals surface area contributed by atoms with Crippen molar-refractivity contribution >= 4 is 33.7 Å². The highest BCUT2D eigenvalue weighted by Crippen LogP contribution is 2.36. The number of nitrogen functional groups attached to an aromatic ring is 1. The third-order valence-corrected chi connectivity index (χ3v) is 4.38. The van der Waals surface area contributed by atoms with Crippen molar-refractivity contribution in [3.8, 4) is 11.3 Å². The molecule has 0 bridgehead atoms. The van der Waals surface area contributed by atoms with E-state index in [1.165, 1.54) is 11.5 Å². The van der Waals surface area contributed by atoms with Crippen LogP contribution in [0.15, 0.2) is 9.90 Å². The van der Waals surface area contributed by atoms with Gasteiger partial charge in [-0.3, -0.25) is 0 Å². The molecule has 0 atom stereocenters. The van der Waals surface area contributed by atoms with Gasteiger partial charge in [0.05, 0.1) is 16.3 Å². The first-order chi connectivity index (χ1) is 10.1. The van der Waals surface area contributed by atoms with E-state index in [2.05, 4.69) is 24.8 Å². The third-order valence-electron chi connectivity index (χ3n) is 2.79. The lowest BCUT2D eigenvalue weighted by Gasteiger charge is -2.03. The highest BCUT2D eigenvalue weighted by Gasteiger charge is 2.16. The van der Waals surface area contributed by atoms with Crippen LogP contribution in [0.2, 0.25) is 0 Å². The van der Waals surface area contributed by atoms with Crippen LogP contribution in [0, 0.1) is 13.8 Å². The molecule has 0 saturated carbocycles. The van der Waals surface area contributed by atoms with E-state index in [0.29, 0.717) is 30.5 Å². The number of nitrogens with two attached hydrogens (primary N) is 1. The molecule has 0 spiro atoms. The van der Waals surface area contributed by atoms with E-state index in [1.54, 1.807) is 18.3 Å². The van der Waals surface area contributed by atoms with Crippen molar-refractivity contribution in [2.24, 2.45) is 0 Å². The number of rotatable bonds is 5. The van der Waals surface area contributed by atoms with Crippen molar-refractivity contribution in [3.63, 3.8) is 0 Å². The van der Waals surface area contributed by atoms with Gasteiger partial charge in [0.2, 0.25) is 5.89 Å². The number of anilines is 2. The summed E-state index contributed by atoms with van der Waals surface area (Å²) in [6.45, 7) is 4.43. The molecule has 110 valence electrons. The summed E-state index contributed by atoms with van der Waals surface area (Å²) in [4.78, 5) is 8.63. The molecule has 0 amide bonds. The molecule has 0 radical (unpaired) electrons. The lowest BCUT2D eigenvalue weighted by Crippen LogP contribution is -2.05. The Balaban J connectivity index is 1.71. The number of hydrogen-bond donors (Lipinski definition) is 2. The van der Waals surface area contributed by atoms with Crippen LogP contribution in [0.1, 0.15) is 16.7 Å². The second-order valence-corrected chi connectivity index (χ2v) is 6.27. The quantitative estimate of drug-likeness (QED) is 0.744. The summed E-state index contributed by atoms with van der Waals surface area (Å²) in [6.07, 6.45) is 0.647. The zero-order valence-electron chi connectivity index (χ0n) is 11.6. The number of aromatic nitrogens is 4. The zero-order chi connectivity index (χ0) is 14.8. The fraction of sp³-hybridized carbons (Fsp3) is 0.333. The summed E-state index contributed by atoms with van der Waals surface area (Å²) in [5.41, 5.74) is 7.68. The van der Waals surface area contributed by atoms with E-state index in [0.717, 1.165) is 21.3 Å². The summed E-state index contributed by atoms with van der Waals surface area (Å²) < 4.78 is 9.28. The molecule has 3 aromatic rings. The summed E-state index contributed by atoms with van der Waals surface area (Å²) >= 11 is 2.93. The van der Waals surface area contributed by atoms with Crippen molar-refractivity contribution < 1.29 is 4.52 Å². The van der Waals surface area contributed by atoms with Gasteiger partial charge >= 0.3 is 0 Å². The lowest BCUT2D eigenvalue weighted by molar-refractivity contribution is 0.377.